The maximum absolute atomic E-state index is 12.4. The Labute approximate surface area is 125 Å². The Morgan fingerprint density at radius 3 is 2.62 bits per heavy atom. The molecule has 0 aliphatic carbocycles. The number of fused-ring (bicyclic) bond motifs is 1. The molecular formula is C15H14N4OS. The quantitative estimate of drug-likeness (QED) is 0.761. The molecular weight excluding hydrogens is 284 g/mol. The highest BCUT2D eigenvalue weighted by Crippen LogP contribution is 2.35. The van der Waals surface area contributed by atoms with Gasteiger partial charge in [-0.3, -0.25) is 4.79 Å². The largest absolute Gasteiger partial charge is 0.397 e. The molecule has 2 heterocycles. The van der Waals surface area contributed by atoms with Crippen LogP contribution in [0.25, 0.3) is 10.2 Å². The van der Waals surface area contributed by atoms with Gasteiger partial charge in [-0.2, -0.15) is 5.10 Å². The number of carbonyl (C=O) groups is 1. The van der Waals surface area contributed by atoms with E-state index < -0.39 is 0 Å². The number of nitrogens with one attached hydrogen (secondary N) is 1. The Bertz CT molecular complexity index is 827. The van der Waals surface area contributed by atoms with E-state index in [4.69, 9.17) is 5.73 Å². The van der Waals surface area contributed by atoms with Crippen molar-refractivity contribution in [2.45, 2.75) is 13.8 Å². The molecule has 0 atom stereocenters. The summed E-state index contributed by atoms with van der Waals surface area (Å²) in [5, 5.41) is 11.9. The molecule has 5 nitrogen and oxygen atoms in total. The number of thiophene rings is 1. The first-order valence-electron chi connectivity index (χ1n) is 6.46. The van der Waals surface area contributed by atoms with E-state index in [1.165, 1.54) is 11.3 Å². The summed E-state index contributed by atoms with van der Waals surface area (Å²) < 4.78 is 0. The summed E-state index contributed by atoms with van der Waals surface area (Å²) in [5.41, 5.74) is 9.14. The topological polar surface area (TPSA) is 80.9 Å². The highest BCUT2D eigenvalue weighted by molar-refractivity contribution is 7.21. The lowest BCUT2D eigenvalue weighted by atomic mass is 10.1. The highest BCUT2D eigenvalue weighted by Gasteiger charge is 2.19. The molecule has 0 saturated carbocycles. The number of hydrogen-bond acceptors (Lipinski definition) is 5. The fraction of sp³-hybridized carbons (Fsp3) is 0.133. The van der Waals surface area contributed by atoms with Gasteiger partial charge in [0.2, 0.25) is 0 Å². The van der Waals surface area contributed by atoms with Crippen LogP contribution in [0.3, 0.4) is 0 Å². The molecule has 1 aromatic carbocycles. The van der Waals surface area contributed by atoms with E-state index in [1.54, 1.807) is 0 Å². The predicted molar refractivity (Wildman–Crippen MR) is 85.7 cm³/mol. The number of aryl methyl sites for hydroxylation is 2. The number of nitrogens with zero attached hydrogens (tertiary/aromatic N) is 2. The molecule has 0 aliphatic rings. The van der Waals surface area contributed by atoms with Crippen LogP contribution in [0.5, 0.6) is 0 Å². The van der Waals surface area contributed by atoms with Crippen LogP contribution in [-0.2, 0) is 0 Å². The SMILES string of the molecule is Cc1nnc2sc(C(=O)Nc3ccccc3)c(N)c2c1C. The minimum absolute atomic E-state index is 0.223. The van der Waals surface area contributed by atoms with Crippen molar-refractivity contribution in [1.29, 1.82) is 0 Å². The van der Waals surface area contributed by atoms with Crippen molar-refractivity contribution in [3.63, 3.8) is 0 Å². The van der Waals surface area contributed by atoms with Gasteiger partial charge in [0.15, 0.2) is 0 Å². The second kappa shape index (κ2) is 5.14. The number of carbonyl (C=O) groups excluding carboxylic acids is 1. The van der Waals surface area contributed by atoms with Gasteiger partial charge in [-0.05, 0) is 31.5 Å². The van der Waals surface area contributed by atoms with Crippen LogP contribution in [0.1, 0.15) is 20.9 Å². The second-order valence-corrected chi connectivity index (χ2v) is 5.75. The van der Waals surface area contributed by atoms with Gasteiger partial charge in [-0.15, -0.1) is 16.4 Å². The third-order valence-electron chi connectivity index (χ3n) is 3.37. The molecule has 3 rings (SSSR count). The predicted octanol–water partition coefficient (Wildman–Crippen LogP) is 3.14. The molecule has 0 unspecified atom stereocenters. The van der Waals surface area contributed by atoms with E-state index in [0.717, 1.165) is 22.3 Å². The molecule has 21 heavy (non-hydrogen) atoms. The van der Waals surface area contributed by atoms with Crippen LogP contribution in [0.2, 0.25) is 0 Å². The molecule has 0 aliphatic heterocycles. The highest BCUT2D eigenvalue weighted by atomic mass is 32.1. The van der Waals surface area contributed by atoms with Crippen LogP contribution >= 0.6 is 11.3 Å². The summed E-state index contributed by atoms with van der Waals surface area (Å²) in [6.07, 6.45) is 0. The molecule has 1 amide bonds. The number of hydrogen-bond donors (Lipinski definition) is 2. The standard InChI is InChI=1S/C15H14N4OS/c1-8-9(2)18-19-15-11(8)12(16)13(21-15)14(20)17-10-6-4-3-5-7-10/h3-7H,16H2,1-2H3,(H,17,20). The first-order chi connectivity index (χ1) is 10.1. The molecule has 3 aromatic rings. The smallest absolute Gasteiger partial charge is 0.267 e. The molecule has 0 fully saturated rings. The Morgan fingerprint density at radius 2 is 1.90 bits per heavy atom. The number of para-hydroxylation sites is 1. The van der Waals surface area contributed by atoms with Crippen molar-refractivity contribution in [3.05, 3.63) is 46.5 Å². The van der Waals surface area contributed by atoms with Crippen LogP contribution in [-0.4, -0.2) is 16.1 Å². The van der Waals surface area contributed by atoms with E-state index in [1.807, 2.05) is 44.2 Å². The number of anilines is 2. The molecule has 6 heteroatoms. The van der Waals surface area contributed by atoms with Gasteiger partial charge in [0, 0.05) is 11.1 Å². The van der Waals surface area contributed by atoms with E-state index >= 15 is 0 Å². The van der Waals surface area contributed by atoms with Gasteiger partial charge in [0.05, 0.1) is 11.4 Å². The third-order valence-corrected chi connectivity index (χ3v) is 4.46. The molecule has 0 spiro atoms. The van der Waals surface area contributed by atoms with Crippen LogP contribution in [0.4, 0.5) is 11.4 Å². The molecule has 106 valence electrons. The van der Waals surface area contributed by atoms with Crippen molar-refractivity contribution >= 4 is 38.8 Å². The van der Waals surface area contributed by atoms with E-state index in [0.29, 0.717) is 15.4 Å². The van der Waals surface area contributed by atoms with Gasteiger partial charge in [0.1, 0.15) is 9.71 Å². The molecule has 0 bridgehead atoms. The lowest BCUT2D eigenvalue weighted by molar-refractivity contribution is 0.103. The minimum Gasteiger partial charge on any atom is -0.397 e. The average Bonchev–Trinajstić information content (AvgIpc) is 2.82. The molecule has 3 N–H and O–H groups in total. The van der Waals surface area contributed by atoms with Crippen molar-refractivity contribution < 1.29 is 4.79 Å². The van der Waals surface area contributed by atoms with Crippen molar-refractivity contribution in [2.75, 3.05) is 11.1 Å². The van der Waals surface area contributed by atoms with Gasteiger partial charge in [0.25, 0.3) is 5.91 Å². The zero-order valence-electron chi connectivity index (χ0n) is 11.7. The number of benzene rings is 1. The maximum Gasteiger partial charge on any atom is 0.267 e. The molecule has 0 radical (unpaired) electrons. The fourth-order valence-corrected chi connectivity index (χ4v) is 3.11. The lowest BCUT2D eigenvalue weighted by Crippen LogP contribution is -2.11. The number of nitrogens with two attached hydrogens (primary N) is 1. The zero-order chi connectivity index (χ0) is 15.0. The van der Waals surface area contributed by atoms with Crippen LogP contribution in [0.15, 0.2) is 30.3 Å². The normalized spacial score (nSPS) is 10.8. The lowest BCUT2D eigenvalue weighted by Gasteiger charge is -2.04. The maximum atomic E-state index is 12.4. The minimum atomic E-state index is -0.223. The Hall–Kier alpha value is -2.47. The van der Waals surface area contributed by atoms with E-state index in [-0.39, 0.29) is 5.91 Å². The number of aromatic nitrogens is 2. The fourth-order valence-electron chi connectivity index (χ4n) is 2.12. The van der Waals surface area contributed by atoms with Crippen molar-refractivity contribution in [2.24, 2.45) is 0 Å². The monoisotopic (exact) mass is 298 g/mol. The summed E-state index contributed by atoms with van der Waals surface area (Å²) in [7, 11) is 0. The van der Waals surface area contributed by atoms with Crippen LogP contribution in [0, 0.1) is 13.8 Å². The van der Waals surface area contributed by atoms with Gasteiger partial charge in [-0.1, -0.05) is 18.2 Å². The molecule has 0 saturated heterocycles. The van der Waals surface area contributed by atoms with Crippen LogP contribution < -0.4 is 11.1 Å². The van der Waals surface area contributed by atoms with Gasteiger partial charge in [-0.25, -0.2) is 0 Å². The second-order valence-electron chi connectivity index (χ2n) is 4.76. The molecule has 2 aromatic heterocycles. The Kier molecular flexibility index (Phi) is 3.31. The first kappa shape index (κ1) is 13.5. The Balaban J connectivity index is 2.03. The Morgan fingerprint density at radius 1 is 1.19 bits per heavy atom. The van der Waals surface area contributed by atoms with Gasteiger partial charge < -0.3 is 11.1 Å². The summed E-state index contributed by atoms with van der Waals surface area (Å²) >= 11 is 1.26. The van der Waals surface area contributed by atoms with E-state index in [9.17, 15) is 4.79 Å². The summed E-state index contributed by atoms with van der Waals surface area (Å²) in [6, 6.07) is 9.28. The summed E-state index contributed by atoms with van der Waals surface area (Å²) in [6.45, 7) is 3.82. The third kappa shape index (κ3) is 2.34. The summed E-state index contributed by atoms with van der Waals surface area (Å²) in [5.74, 6) is -0.223. The number of rotatable bonds is 2. The van der Waals surface area contributed by atoms with Gasteiger partial charge >= 0.3 is 0 Å². The van der Waals surface area contributed by atoms with Crippen molar-refractivity contribution in [1.82, 2.24) is 10.2 Å². The average molecular weight is 298 g/mol. The zero-order valence-corrected chi connectivity index (χ0v) is 12.5. The van der Waals surface area contributed by atoms with Crippen molar-refractivity contribution in [3.8, 4) is 0 Å². The summed E-state index contributed by atoms with van der Waals surface area (Å²) in [4.78, 5) is 13.5. The number of nitrogen functional groups attached to an aromatic ring is 1. The first-order valence-corrected chi connectivity index (χ1v) is 7.28. The van der Waals surface area contributed by atoms with E-state index in [2.05, 4.69) is 15.5 Å². The number of amides is 1.